The highest BCUT2D eigenvalue weighted by atomic mass is 19.1. The van der Waals surface area contributed by atoms with Crippen LogP contribution in [0.15, 0.2) is 121 Å². The first-order valence-electron chi connectivity index (χ1n) is 19.3. The van der Waals surface area contributed by atoms with Gasteiger partial charge in [0.2, 0.25) is 0 Å². The summed E-state index contributed by atoms with van der Waals surface area (Å²) in [7, 11) is 4.32. The summed E-state index contributed by atoms with van der Waals surface area (Å²) in [4.78, 5) is 26.9. The van der Waals surface area contributed by atoms with Crippen molar-refractivity contribution in [2.75, 3.05) is 76.3 Å². The fourth-order valence-electron chi connectivity index (χ4n) is 7.66. The van der Waals surface area contributed by atoms with Crippen molar-refractivity contribution in [1.29, 1.82) is 0 Å². The minimum Gasteiger partial charge on any atom is -0.369 e. The van der Waals surface area contributed by atoms with E-state index in [2.05, 4.69) is 92.2 Å². The molecule has 2 aromatic heterocycles. The lowest BCUT2D eigenvalue weighted by Crippen LogP contribution is -2.44. The second-order valence-corrected chi connectivity index (χ2v) is 14.9. The van der Waals surface area contributed by atoms with Crippen molar-refractivity contribution in [1.82, 2.24) is 29.7 Å². The minimum absolute atomic E-state index is 0.287. The molecule has 5 aromatic carbocycles. The smallest absolute Gasteiger partial charge is 0.138 e. The first kappa shape index (κ1) is 35.6. The molecule has 0 radical (unpaired) electrons. The van der Waals surface area contributed by atoms with Gasteiger partial charge in [0.25, 0.3) is 0 Å². The number of imidazole rings is 2. The summed E-state index contributed by atoms with van der Waals surface area (Å²) in [5, 5.41) is 0. The van der Waals surface area contributed by atoms with Crippen molar-refractivity contribution < 1.29 is 8.78 Å². The Morgan fingerprint density at radius 1 is 0.393 bits per heavy atom. The third-order valence-corrected chi connectivity index (χ3v) is 11.1. The summed E-state index contributed by atoms with van der Waals surface area (Å²) < 4.78 is 28.0. The number of halogens is 2. The first-order valence-corrected chi connectivity index (χ1v) is 19.3. The van der Waals surface area contributed by atoms with Gasteiger partial charge in [-0.15, -0.1) is 0 Å². The zero-order chi connectivity index (χ0) is 38.2. The molecule has 56 heavy (non-hydrogen) atoms. The summed E-state index contributed by atoms with van der Waals surface area (Å²) >= 11 is 0. The molecule has 7 aromatic rings. The van der Waals surface area contributed by atoms with Crippen LogP contribution in [0.25, 0.3) is 67.8 Å². The fourth-order valence-corrected chi connectivity index (χ4v) is 7.66. The van der Waals surface area contributed by atoms with Crippen LogP contribution in [0.5, 0.6) is 0 Å². The second-order valence-electron chi connectivity index (χ2n) is 14.9. The number of rotatable bonds is 8. The molecule has 0 saturated carbocycles. The van der Waals surface area contributed by atoms with Crippen LogP contribution in [0, 0.1) is 11.6 Å². The van der Waals surface area contributed by atoms with E-state index in [1.165, 1.54) is 35.6 Å². The predicted molar refractivity (Wildman–Crippen MR) is 223 cm³/mol. The molecule has 10 heteroatoms. The normalized spacial score (nSPS) is 15.4. The Hall–Kier alpha value is -6.10. The van der Waals surface area contributed by atoms with Gasteiger partial charge in [0.15, 0.2) is 0 Å². The maximum Gasteiger partial charge on any atom is 0.138 e. The van der Waals surface area contributed by atoms with E-state index in [1.54, 1.807) is 24.3 Å². The lowest BCUT2D eigenvalue weighted by molar-refractivity contribution is 0.313. The number of likely N-dealkylation sites (N-methyl/N-ethyl adjacent to an activating group) is 2. The van der Waals surface area contributed by atoms with E-state index in [9.17, 15) is 8.78 Å². The number of benzene rings is 5. The molecular formula is C46H44F2N8. The number of aromatic nitrogens is 4. The predicted octanol–water partition coefficient (Wildman–Crippen LogP) is 8.92. The number of nitrogens with zero attached hydrogens (tertiary/aromatic N) is 6. The molecular weight excluding hydrogens is 703 g/mol. The van der Waals surface area contributed by atoms with Crippen LogP contribution in [0.2, 0.25) is 0 Å². The Morgan fingerprint density at radius 3 is 1.04 bits per heavy atom. The summed E-state index contributed by atoms with van der Waals surface area (Å²) in [6.45, 7) is 8.16. The lowest BCUT2D eigenvalue weighted by atomic mass is 10.0. The Bertz CT molecular complexity index is 2230. The van der Waals surface area contributed by atoms with Crippen LogP contribution in [-0.2, 0) is 0 Å². The van der Waals surface area contributed by atoms with Crippen molar-refractivity contribution in [2.24, 2.45) is 0 Å². The van der Waals surface area contributed by atoms with Gasteiger partial charge >= 0.3 is 0 Å². The zero-order valence-electron chi connectivity index (χ0n) is 31.6. The standard InChI is InChI=1S/C46H44F2N8/c1-53-23-27-55(28-24-53)39-19-11-33(12-20-39)43-41(31-7-15-37(47)16-8-31)49-45(51-43)35-3-5-36(6-4-35)46-50-42(32-9-17-38(48)18-10-32)44(52-46)34-13-21-40(22-14-34)56-29-25-54(2)26-30-56/h3-22H,23-30H2,1-2H3,(H,49,51)(H,50,52). The average molecular weight is 747 g/mol. The van der Waals surface area contributed by atoms with E-state index < -0.39 is 0 Å². The molecule has 2 fully saturated rings. The van der Waals surface area contributed by atoms with Crippen LogP contribution < -0.4 is 9.80 Å². The van der Waals surface area contributed by atoms with Crippen LogP contribution in [-0.4, -0.2) is 96.2 Å². The second kappa shape index (κ2) is 15.2. The molecule has 2 aliphatic rings. The van der Waals surface area contributed by atoms with Crippen molar-refractivity contribution >= 4 is 11.4 Å². The van der Waals surface area contributed by atoms with Gasteiger partial charge in [-0.1, -0.05) is 48.5 Å². The SMILES string of the molecule is CN1CCN(c2ccc(-c3[nH]c(-c4ccc(-c5nc(-c6ccc(F)cc6)c(-c6ccc(N7CCN(C)CC7)cc6)[nH]5)cc4)nc3-c3ccc(F)cc3)cc2)CC1. The van der Waals surface area contributed by atoms with Crippen LogP contribution in [0.4, 0.5) is 20.2 Å². The number of piperazine rings is 2. The molecule has 0 amide bonds. The van der Waals surface area contributed by atoms with Crippen molar-refractivity contribution in [3.05, 3.63) is 133 Å². The van der Waals surface area contributed by atoms with E-state index in [0.29, 0.717) is 11.6 Å². The molecule has 2 N–H and O–H groups in total. The third kappa shape index (κ3) is 7.33. The number of anilines is 2. The number of hydrogen-bond acceptors (Lipinski definition) is 6. The minimum atomic E-state index is -0.287. The Morgan fingerprint density at radius 2 is 0.696 bits per heavy atom. The number of hydrogen-bond donors (Lipinski definition) is 2. The summed E-state index contributed by atoms with van der Waals surface area (Å²) in [5.41, 5.74) is 11.1. The highest BCUT2D eigenvalue weighted by Gasteiger charge is 2.20. The van der Waals surface area contributed by atoms with Crippen LogP contribution in [0.3, 0.4) is 0 Å². The molecule has 2 aliphatic heterocycles. The average Bonchev–Trinajstić information content (AvgIpc) is 3.89. The van der Waals surface area contributed by atoms with E-state index in [0.717, 1.165) is 109 Å². The van der Waals surface area contributed by atoms with Crippen molar-refractivity contribution in [3.63, 3.8) is 0 Å². The Kier molecular flexibility index (Phi) is 9.66. The molecule has 0 unspecified atom stereocenters. The van der Waals surface area contributed by atoms with Crippen LogP contribution >= 0.6 is 0 Å². The largest absolute Gasteiger partial charge is 0.369 e. The zero-order valence-corrected chi connectivity index (χ0v) is 31.6. The quantitative estimate of drug-likeness (QED) is 0.162. The Balaban J connectivity index is 1.03. The van der Waals surface area contributed by atoms with Crippen molar-refractivity contribution in [3.8, 4) is 67.8 Å². The van der Waals surface area contributed by atoms with Gasteiger partial charge in [0.05, 0.1) is 22.8 Å². The summed E-state index contributed by atoms with van der Waals surface area (Å²) in [6.07, 6.45) is 0. The molecule has 0 atom stereocenters. The fraction of sp³-hybridized carbons (Fsp3) is 0.217. The van der Waals surface area contributed by atoms with Gasteiger partial charge < -0.3 is 29.6 Å². The highest BCUT2D eigenvalue weighted by molar-refractivity contribution is 5.84. The first-order chi connectivity index (χ1) is 27.3. The molecule has 282 valence electrons. The van der Waals surface area contributed by atoms with Crippen molar-refractivity contribution in [2.45, 2.75) is 0 Å². The number of aromatic amines is 2. The molecule has 2 saturated heterocycles. The molecule has 0 bridgehead atoms. The highest BCUT2D eigenvalue weighted by Crippen LogP contribution is 2.37. The maximum absolute atomic E-state index is 14.0. The topological polar surface area (TPSA) is 70.3 Å². The summed E-state index contributed by atoms with van der Waals surface area (Å²) in [6, 6.07) is 38.3. The molecule has 4 heterocycles. The van der Waals surface area contributed by atoms with Gasteiger partial charge in [-0.2, -0.15) is 0 Å². The number of H-pyrrole nitrogens is 2. The van der Waals surface area contributed by atoms with Gasteiger partial charge in [-0.25, -0.2) is 18.7 Å². The lowest BCUT2D eigenvalue weighted by Gasteiger charge is -2.34. The molecule has 0 spiro atoms. The van der Waals surface area contributed by atoms with E-state index in [-0.39, 0.29) is 11.6 Å². The van der Waals surface area contributed by atoms with Gasteiger partial charge in [0, 0.05) is 97.1 Å². The maximum atomic E-state index is 14.0. The number of nitrogens with one attached hydrogen (secondary N) is 2. The van der Waals surface area contributed by atoms with Gasteiger partial charge in [0.1, 0.15) is 23.3 Å². The molecule has 8 nitrogen and oxygen atoms in total. The van der Waals surface area contributed by atoms with Gasteiger partial charge in [-0.05, 0) is 86.9 Å². The summed E-state index contributed by atoms with van der Waals surface area (Å²) in [5.74, 6) is 0.845. The van der Waals surface area contributed by atoms with E-state index in [4.69, 9.17) is 9.97 Å². The van der Waals surface area contributed by atoms with Crippen LogP contribution in [0.1, 0.15) is 0 Å². The molecule has 9 rings (SSSR count). The monoisotopic (exact) mass is 746 g/mol. The third-order valence-electron chi connectivity index (χ3n) is 11.1. The Labute approximate surface area is 326 Å². The van der Waals surface area contributed by atoms with Gasteiger partial charge in [-0.3, -0.25) is 0 Å². The molecule has 0 aliphatic carbocycles. The van der Waals surface area contributed by atoms with E-state index in [1.807, 2.05) is 24.3 Å². The van der Waals surface area contributed by atoms with E-state index >= 15 is 0 Å².